The predicted octanol–water partition coefficient (Wildman–Crippen LogP) is 2.85. The first kappa shape index (κ1) is 15.0. The van der Waals surface area contributed by atoms with Crippen LogP contribution in [0.3, 0.4) is 0 Å². The van der Waals surface area contributed by atoms with Crippen LogP contribution in [-0.2, 0) is 0 Å². The molecular formula is C16H13N3O3S. The Bertz CT molecular complexity index is 1040. The molecule has 0 atom stereocenters. The molecule has 0 aliphatic heterocycles. The molecule has 0 unspecified atom stereocenters. The first-order chi connectivity index (χ1) is 10.9. The van der Waals surface area contributed by atoms with Crippen LogP contribution < -0.4 is 10.9 Å². The Morgan fingerprint density at radius 3 is 2.70 bits per heavy atom. The smallest absolute Gasteiger partial charge is 0.259 e. The molecule has 3 aromatic rings. The molecular weight excluding hydrogens is 314 g/mol. The van der Waals surface area contributed by atoms with Crippen molar-refractivity contribution in [2.75, 3.05) is 5.32 Å². The standard InChI is InChI=1S/C16H13N3O3S/c1-8-2-5-11(13(20)6-8)17-14(21)9-3-4-10-12(7-9)18-16(23)19-15(10)22/h2-7,20H,1H3,(H,17,21)(H2,18,19,22,23). The average Bonchev–Trinajstić information content (AvgIpc) is 2.49. The van der Waals surface area contributed by atoms with E-state index in [9.17, 15) is 14.7 Å². The molecule has 0 saturated heterocycles. The number of amides is 1. The summed E-state index contributed by atoms with van der Waals surface area (Å²) in [6, 6.07) is 9.60. The monoisotopic (exact) mass is 327 g/mol. The number of H-pyrrole nitrogens is 2. The maximum atomic E-state index is 12.3. The minimum Gasteiger partial charge on any atom is -0.506 e. The number of aryl methyl sites for hydroxylation is 1. The number of phenols is 1. The van der Waals surface area contributed by atoms with Gasteiger partial charge in [-0.1, -0.05) is 6.07 Å². The lowest BCUT2D eigenvalue weighted by Gasteiger charge is -2.08. The number of hydrogen-bond donors (Lipinski definition) is 4. The van der Waals surface area contributed by atoms with Gasteiger partial charge < -0.3 is 15.4 Å². The van der Waals surface area contributed by atoms with Crippen LogP contribution in [0.1, 0.15) is 15.9 Å². The van der Waals surface area contributed by atoms with Gasteiger partial charge in [0.2, 0.25) is 0 Å². The Labute approximate surface area is 135 Å². The summed E-state index contributed by atoms with van der Waals surface area (Å²) in [5, 5.41) is 12.9. The fraction of sp³-hybridized carbons (Fsp3) is 0.0625. The molecule has 1 heterocycles. The summed E-state index contributed by atoms with van der Waals surface area (Å²) in [5.41, 5.74) is 1.71. The molecule has 2 aromatic carbocycles. The Hall–Kier alpha value is -2.93. The normalized spacial score (nSPS) is 10.7. The Morgan fingerprint density at radius 2 is 1.96 bits per heavy atom. The Kier molecular flexibility index (Phi) is 3.71. The van der Waals surface area contributed by atoms with Crippen LogP contribution in [0, 0.1) is 11.7 Å². The number of carbonyl (C=O) groups excluding carboxylic acids is 1. The van der Waals surface area contributed by atoms with Crippen molar-refractivity contribution in [1.29, 1.82) is 0 Å². The van der Waals surface area contributed by atoms with Gasteiger partial charge in [0.15, 0.2) is 4.77 Å². The molecule has 0 aliphatic rings. The zero-order chi connectivity index (χ0) is 16.6. The molecule has 0 spiro atoms. The lowest BCUT2D eigenvalue weighted by molar-refractivity contribution is 0.102. The zero-order valence-electron chi connectivity index (χ0n) is 12.1. The highest BCUT2D eigenvalue weighted by atomic mass is 32.1. The van der Waals surface area contributed by atoms with Crippen LogP contribution in [0.15, 0.2) is 41.2 Å². The second-order valence-corrected chi connectivity index (χ2v) is 5.55. The van der Waals surface area contributed by atoms with Crippen molar-refractivity contribution in [1.82, 2.24) is 9.97 Å². The highest BCUT2D eigenvalue weighted by molar-refractivity contribution is 7.71. The molecule has 1 amide bonds. The third-order valence-electron chi connectivity index (χ3n) is 3.40. The summed E-state index contributed by atoms with van der Waals surface area (Å²) in [6.45, 7) is 1.84. The number of phenolic OH excluding ortho intramolecular Hbond substituents is 1. The molecule has 4 N–H and O–H groups in total. The molecule has 3 rings (SSSR count). The molecule has 0 aliphatic carbocycles. The Morgan fingerprint density at radius 1 is 1.17 bits per heavy atom. The maximum absolute atomic E-state index is 12.3. The predicted molar refractivity (Wildman–Crippen MR) is 90.6 cm³/mol. The van der Waals surface area contributed by atoms with Crippen molar-refractivity contribution in [3.63, 3.8) is 0 Å². The molecule has 7 heteroatoms. The SMILES string of the molecule is Cc1ccc(NC(=O)c2ccc3c(=O)[nH]c(=S)[nH]c3c2)c(O)c1. The van der Waals surface area contributed by atoms with Gasteiger partial charge in [0.25, 0.3) is 11.5 Å². The number of aromatic hydroxyl groups is 1. The lowest BCUT2D eigenvalue weighted by Crippen LogP contribution is -2.13. The number of anilines is 1. The van der Waals surface area contributed by atoms with E-state index in [-0.39, 0.29) is 16.1 Å². The minimum atomic E-state index is -0.398. The van der Waals surface area contributed by atoms with Crippen LogP contribution in [0.25, 0.3) is 10.9 Å². The van der Waals surface area contributed by atoms with E-state index in [4.69, 9.17) is 12.2 Å². The average molecular weight is 327 g/mol. The van der Waals surface area contributed by atoms with E-state index in [1.807, 2.05) is 6.92 Å². The van der Waals surface area contributed by atoms with Crippen LogP contribution in [0.5, 0.6) is 5.75 Å². The van der Waals surface area contributed by atoms with Gasteiger partial charge in [0.1, 0.15) is 5.75 Å². The van der Waals surface area contributed by atoms with Crippen molar-refractivity contribution in [3.8, 4) is 5.75 Å². The molecule has 0 saturated carbocycles. The molecule has 6 nitrogen and oxygen atoms in total. The lowest BCUT2D eigenvalue weighted by atomic mass is 10.1. The summed E-state index contributed by atoms with van der Waals surface area (Å²) in [5.74, 6) is -0.402. The van der Waals surface area contributed by atoms with E-state index < -0.39 is 5.91 Å². The summed E-state index contributed by atoms with van der Waals surface area (Å²) in [7, 11) is 0. The van der Waals surface area contributed by atoms with Crippen LogP contribution in [0.4, 0.5) is 5.69 Å². The molecule has 0 fully saturated rings. The van der Waals surface area contributed by atoms with Crippen molar-refractivity contribution >= 4 is 34.7 Å². The number of aromatic amines is 2. The third kappa shape index (κ3) is 3.00. The summed E-state index contributed by atoms with van der Waals surface area (Å²) < 4.78 is 0.191. The zero-order valence-corrected chi connectivity index (χ0v) is 13.0. The van der Waals surface area contributed by atoms with E-state index in [1.165, 1.54) is 6.07 Å². The summed E-state index contributed by atoms with van der Waals surface area (Å²) >= 11 is 4.93. The first-order valence-corrected chi connectivity index (χ1v) is 7.22. The molecule has 23 heavy (non-hydrogen) atoms. The van der Waals surface area contributed by atoms with Crippen LogP contribution in [-0.4, -0.2) is 21.0 Å². The van der Waals surface area contributed by atoms with Crippen molar-refractivity contribution < 1.29 is 9.90 Å². The number of aromatic nitrogens is 2. The number of nitrogens with one attached hydrogen (secondary N) is 3. The van der Waals surface area contributed by atoms with Gasteiger partial charge >= 0.3 is 0 Å². The fourth-order valence-corrected chi connectivity index (χ4v) is 2.46. The molecule has 116 valence electrons. The Balaban J connectivity index is 1.98. The van der Waals surface area contributed by atoms with E-state index in [2.05, 4.69) is 15.3 Å². The van der Waals surface area contributed by atoms with Gasteiger partial charge in [-0.25, -0.2) is 0 Å². The topological polar surface area (TPSA) is 98.0 Å². The molecule has 0 bridgehead atoms. The largest absolute Gasteiger partial charge is 0.506 e. The van der Waals surface area contributed by atoms with E-state index in [0.717, 1.165) is 5.56 Å². The molecule has 0 radical (unpaired) electrons. The summed E-state index contributed by atoms with van der Waals surface area (Å²) in [6.07, 6.45) is 0. The van der Waals surface area contributed by atoms with Crippen LogP contribution >= 0.6 is 12.2 Å². The van der Waals surface area contributed by atoms with E-state index >= 15 is 0 Å². The highest BCUT2D eigenvalue weighted by Gasteiger charge is 2.10. The van der Waals surface area contributed by atoms with Gasteiger partial charge in [0.05, 0.1) is 16.6 Å². The summed E-state index contributed by atoms with van der Waals surface area (Å²) in [4.78, 5) is 29.4. The minimum absolute atomic E-state index is 0.00464. The molecule has 1 aromatic heterocycles. The van der Waals surface area contributed by atoms with Crippen molar-refractivity contribution in [2.24, 2.45) is 0 Å². The first-order valence-electron chi connectivity index (χ1n) is 6.81. The van der Waals surface area contributed by atoms with Crippen molar-refractivity contribution in [2.45, 2.75) is 6.92 Å². The number of hydrogen-bond acceptors (Lipinski definition) is 4. The van der Waals surface area contributed by atoms with E-state index in [0.29, 0.717) is 22.2 Å². The maximum Gasteiger partial charge on any atom is 0.259 e. The van der Waals surface area contributed by atoms with Gasteiger partial charge in [-0.15, -0.1) is 0 Å². The number of rotatable bonds is 2. The quantitative estimate of drug-likeness (QED) is 0.430. The van der Waals surface area contributed by atoms with Gasteiger partial charge in [-0.3, -0.25) is 14.6 Å². The number of carbonyl (C=O) groups is 1. The number of fused-ring (bicyclic) bond motifs is 1. The van der Waals surface area contributed by atoms with E-state index in [1.54, 1.807) is 30.3 Å². The second kappa shape index (κ2) is 5.69. The van der Waals surface area contributed by atoms with Gasteiger partial charge in [-0.2, -0.15) is 0 Å². The third-order valence-corrected chi connectivity index (χ3v) is 3.61. The fourth-order valence-electron chi connectivity index (χ4n) is 2.25. The van der Waals surface area contributed by atoms with Gasteiger partial charge in [-0.05, 0) is 55.0 Å². The second-order valence-electron chi connectivity index (χ2n) is 5.14. The van der Waals surface area contributed by atoms with Crippen molar-refractivity contribution in [3.05, 3.63) is 62.6 Å². The highest BCUT2D eigenvalue weighted by Crippen LogP contribution is 2.24. The van der Waals surface area contributed by atoms with Gasteiger partial charge in [0, 0.05) is 5.56 Å². The van der Waals surface area contributed by atoms with Crippen LogP contribution in [0.2, 0.25) is 0 Å². The number of benzene rings is 2.